The van der Waals surface area contributed by atoms with Crippen LogP contribution in [0.2, 0.25) is 0 Å². The molecule has 5 aliphatic rings. The molecule has 0 spiro atoms. The van der Waals surface area contributed by atoms with E-state index in [1.165, 1.54) is 4.90 Å². The predicted octanol–water partition coefficient (Wildman–Crippen LogP) is 0.573. The Morgan fingerprint density at radius 1 is 0.891 bits per heavy atom. The number of carboxylic acids is 2. The molecule has 5 fully saturated rings. The number of hydrogen-bond donors (Lipinski definition) is 7. The van der Waals surface area contributed by atoms with Gasteiger partial charge in [-0.1, -0.05) is 41.5 Å². The van der Waals surface area contributed by atoms with Crippen LogP contribution < -0.4 is 27.0 Å². The van der Waals surface area contributed by atoms with E-state index in [2.05, 4.69) is 42.0 Å². The van der Waals surface area contributed by atoms with Crippen LogP contribution in [-0.2, 0) is 42.9 Å². The fourth-order valence-electron chi connectivity index (χ4n) is 8.76. The van der Waals surface area contributed by atoms with Crippen molar-refractivity contribution in [1.29, 1.82) is 0 Å². The largest absolute Gasteiger partial charge is 0.484 e. The lowest BCUT2D eigenvalue weighted by Crippen LogP contribution is -2.65. The van der Waals surface area contributed by atoms with Crippen molar-refractivity contribution < 1.29 is 53.1 Å². The van der Waals surface area contributed by atoms with Gasteiger partial charge < -0.3 is 51.4 Å². The first kappa shape index (κ1) is 44.0. The van der Waals surface area contributed by atoms with Crippen molar-refractivity contribution in [2.24, 2.45) is 34.8 Å². The Kier molecular flexibility index (Phi) is 13.4. The zero-order valence-corrected chi connectivity index (χ0v) is 33.6. The fourth-order valence-corrected chi connectivity index (χ4v) is 8.76. The second kappa shape index (κ2) is 16.8. The van der Waals surface area contributed by atoms with Crippen molar-refractivity contribution in [3.63, 3.8) is 0 Å². The lowest BCUT2D eigenvalue weighted by Gasteiger charge is -2.64. The third-order valence-corrected chi connectivity index (χ3v) is 12.3. The van der Waals surface area contributed by atoms with Crippen molar-refractivity contribution in [3.05, 3.63) is 0 Å². The number of nitrogens with two attached hydrogens (primary N) is 1. The molecule has 0 aromatic heterocycles. The maximum absolute atomic E-state index is 14.1. The van der Waals surface area contributed by atoms with Gasteiger partial charge in [0.2, 0.25) is 29.5 Å². The van der Waals surface area contributed by atoms with Gasteiger partial charge in [-0.3, -0.25) is 33.6 Å². The predicted molar refractivity (Wildman–Crippen MR) is 200 cm³/mol. The SMILES string of the molecule is CC(C)[C@H](NC(=O)[C@H](CCC(=O)O)NC(=O)[C@@H](N)CC(=O)O)C(=O)N[C@H](C(=O)N1CCC[C@H]1C(=O)NC(C)(C)B1O[C@@H]2CC3CC(C3(C)C)[C@]2(C)O1)C(C)C. The number of nitrogens with zero attached hydrogens (tertiary/aromatic N) is 1. The van der Waals surface area contributed by atoms with Gasteiger partial charge in [0.1, 0.15) is 24.2 Å². The van der Waals surface area contributed by atoms with Crippen molar-refractivity contribution >= 4 is 48.6 Å². The summed E-state index contributed by atoms with van der Waals surface area (Å²) in [5, 5.41) is 28.9. The lowest BCUT2D eigenvalue weighted by atomic mass is 9.43. The standard InChI is InChI=1S/C37H61BN6O11/c1-18(2)28(41-31(50)22(12-13-26(45)46)40-30(49)21(39)17-27(47)48)33(52)42-29(19(3)4)34(53)44-14-10-11-23(44)32(51)43-36(7,8)38-54-25-16-20-15-24(35(20,5)6)37(25,9)55-38/h18-25,28-29H,10-17,39H2,1-9H3,(H,40,49)(H,41,50)(H,42,52)(H,43,51)(H,45,46)(H,47,48)/t20?,21-,22-,23-,24?,25+,28-,29-,37-/m0/s1. The normalized spacial score (nSPS) is 27.6. The molecule has 5 rings (SSSR count). The molecule has 2 aliphatic heterocycles. The molecule has 308 valence electrons. The number of nitrogens with one attached hydrogen (secondary N) is 4. The van der Waals surface area contributed by atoms with Crippen LogP contribution in [0.15, 0.2) is 0 Å². The number of amides is 5. The molecule has 0 aromatic carbocycles. The molecule has 55 heavy (non-hydrogen) atoms. The van der Waals surface area contributed by atoms with E-state index < -0.39 is 109 Å². The van der Waals surface area contributed by atoms with Gasteiger partial charge in [-0.05, 0) is 82.0 Å². The zero-order chi connectivity index (χ0) is 41.4. The van der Waals surface area contributed by atoms with Crippen LogP contribution in [0.4, 0.5) is 0 Å². The highest BCUT2D eigenvalue weighted by molar-refractivity contribution is 6.50. The molecule has 2 saturated heterocycles. The Morgan fingerprint density at radius 3 is 2.07 bits per heavy atom. The molecular formula is C37H61BN6O11. The lowest BCUT2D eigenvalue weighted by molar-refractivity contribution is -0.199. The first-order chi connectivity index (χ1) is 25.4. The maximum atomic E-state index is 14.1. The number of carbonyl (C=O) groups is 7. The maximum Gasteiger partial charge on any atom is 0.484 e. The molecule has 3 saturated carbocycles. The Bertz CT molecular complexity index is 1520. The summed E-state index contributed by atoms with van der Waals surface area (Å²) >= 11 is 0. The van der Waals surface area contributed by atoms with E-state index in [-0.39, 0.29) is 23.8 Å². The minimum atomic E-state index is -1.50. The van der Waals surface area contributed by atoms with E-state index in [1.807, 2.05) is 13.8 Å². The van der Waals surface area contributed by atoms with Crippen LogP contribution in [0.25, 0.3) is 0 Å². The van der Waals surface area contributed by atoms with Gasteiger partial charge in [-0.15, -0.1) is 0 Å². The molecule has 0 radical (unpaired) electrons. The van der Waals surface area contributed by atoms with Gasteiger partial charge in [-0.25, -0.2) is 0 Å². The molecular weight excluding hydrogens is 715 g/mol. The fraction of sp³-hybridized carbons (Fsp3) is 0.811. The number of rotatable bonds is 17. The van der Waals surface area contributed by atoms with Crippen LogP contribution in [0.5, 0.6) is 0 Å². The smallest absolute Gasteiger partial charge is 0.481 e. The molecule has 9 atom stereocenters. The number of aliphatic carboxylic acids is 2. The van der Waals surface area contributed by atoms with Crippen LogP contribution in [-0.4, -0.2) is 118 Å². The van der Waals surface area contributed by atoms with Crippen LogP contribution >= 0.6 is 0 Å². The van der Waals surface area contributed by atoms with Crippen LogP contribution in [0.1, 0.15) is 107 Å². The topological polar surface area (TPSA) is 256 Å². The Morgan fingerprint density at radius 2 is 1.51 bits per heavy atom. The molecule has 5 amide bonds. The Labute approximate surface area is 323 Å². The third-order valence-electron chi connectivity index (χ3n) is 12.3. The van der Waals surface area contributed by atoms with Crippen molar-refractivity contribution in [2.75, 3.05) is 6.54 Å². The van der Waals surface area contributed by atoms with Gasteiger partial charge in [-0.2, -0.15) is 0 Å². The summed E-state index contributed by atoms with van der Waals surface area (Å²) in [7, 11) is -0.684. The number of carbonyl (C=O) groups excluding carboxylic acids is 5. The van der Waals surface area contributed by atoms with E-state index in [9.17, 15) is 38.7 Å². The van der Waals surface area contributed by atoms with Crippen molar-refractivity contribution in [3.8, 4) is 0 Å². The molecule has 2 unspecified atom stereocenters. The molecule has 2 bridgehead atoms. The summed E-state index contributed by atoms with van der Waals surface area (Å²) in [6.07, 6.45) is 1.32. The second-order valence-electron chi connectivity index (χ2n) is 17.9. The molecule has 0 aromatic rings. The van der Waals surface area contributed by atoms with Gasteiger partial charge in [0.15, 0.2) is 0 Å². The number of hydrogen-bond acceptors (Lipinski definition) is 10. The highest BCUT2D eigenvalue weighted by Crippen LogP contribution is 2.66. The minimum absolute atomic E-state index is 0.0682. The molecule has 18 heteroatoms. The summed E-state index contributed by atoms with van der Waals surface area (Å²) in [6, 6.07) is -6.04. The quantitative estimate of drug-likeness (QED) is 0.100. The number of carboxylic acid groups (broad SMARTS) is 2. The summed E-state index contributed by atoms with van der Waals surface area (Å²) < 4.78 is 13.1. The second-order valence-corrected chi connectivity index (χ2v) is 17.9. The van der Waals surface area contributed by atoms with Crippen molar-refractivity contribution in [1.82, 2.24) is 26.2 Å². The molecule has 17 nitrogen and oxygen atoms in total. The minimum Gasteiger partial charge on any atom is -0.481 e. The monoisotopic (exact) mass is 776 g/mol. The summed E-state index contributed by atoms with van der Waals surface area (Å²) in [6.45, 7) is 17.5. The van der Waals surface area contributed by atoms with E-state index in [1.54, 1.807) is 27.7 Å². The van der Waals surface area contributed by atoms with Crippen LogP contribution in [0, 0.1) is 29.1 Å². The third kappa shape index (κ3) is 9.45. The Balaban J connectivity index is 1.42. The van der Waals surface area contributed by atoms with E-state index in [0.29, 0.717) is 31.2 Å². The van der Waals surface area contributed by atoms with Gasteiger partial charge in [0.05, 0.1) is 29.6 Å². The van der Waals surface area contributed by atoms with Crippen molar-refractivity contribution in [2.45, 2.75) is 155 Å². The highest BCUT2D eigenvalue weighted by atomic mass is 16.7. The summed E-state index contributed by atoms with van der Waals surface area (Å²) in [5.74, 6) is -5.99. The summed E-state index contributed by atoms with van der Waals surface area (Å²) in [5.41, 5.74) is 4.42. The van der Waals surface area contributed by atoms with Gasteiger partial charge in [0, 0.05) is 13.0 Å². The number of likely N-dealkylation sites (tertiary alicyclic amines) is 1. The van der Waals surface area contributed by atoms with E-state index in [4.69, 9.17) is 20.1 Å². The van der Waals surface area contributed by atoms with E-state index in [0.717, 1.165) is 12.8 Å². The average molecular weight is 777 g/mol. The van der Waals surface area contributed by atoms with Crippen LogP contribution in [0.3, 0.4) is 0 Å². The summed E-state index contributed by atoms with van der Waals surface area (Å²) in [4.78, 5) is 91.6. The van der Waals surface area contributed by atoms with Gasteiger partial charge in [0.25, 0.3) is 0 Å². The van der Waals surface area contributed by atoms with Gasteiger partial charge >= 0.3 is 19.1 Å². The molecule has 3 aliphatic carbocycles. The first-order valence-corrected chi connectivity index (χ1v) is 19.5. The Hall–Kier alpha value is -3.77. The molecule has 8 N–H and O–H groups in total. The van der Waals surface area contributed by atoms with E-state index >= 15 is 0 Å². The zero-order valence-electron chi connectivity index (χ0n) is 33.6. The highest BCUT2D eigenvalue weighted by Gasteiger charge is 2.69. The average Bonchev–Trinajstić information content (AvgIpc) is 3.71. The molecule has 2 heterocycles. The first-order valence-electron chi connectivity index (χ1n) is 19.5.